The molecule has 0 bridgehead atoms. The predicted molar refractivity (Wildman–Crippen MR) is 56.2 cm³/mol. The van der Waals surface area contributed by atoms with Crippen molar-refractivity contribution in [3.63, 3.8) is 0 Å². The number of fused-ring (bicyclic) bond motifs is 1. The molecule has 2 aromatic rings. The molecule has 1 N–H and O–H groups in total. The van der Waals surface area contributed by atoms with E-state index >= 15 is 0 Å². The summed E-state index contributed by atoms with van der Waals surface area (Å²) in [5.41, 5.74) is 0.999. The Morgan fingerprint density at radius 3 is 2.93 bits per heavy atom. The summed E-state index contributed by atoms with van der Waals surface area (Å²) in [6.07, 6.45) is 1.72. The van der Waals surface area contributed by atoms with Gasteiger partial charge in [0.25, 0.3) is 0 Å². The van der Waals surface area contributed by atoms with Crippen molar-refractivity contribution in [2.24, 2.45) is 5.92 Å². The minimum Gasteiger partial charge on any atom is -0.507 e. The van der Waals surface area contributed by atoms with Gasteiger partial charge in [0.2, 0.25) is 0 Å². The zero-order chi connectivity index (χ0) is 10.1. The van der Waals surface area contributed by atoms with Crippen LogP contribution in [0.2, 0.25) is 0 Å². The fourth-order valence-electron chi connectivity index (χ4n) is 1.58. The van der Waals surface area contributed by atoms with Gasteiger partial charge in [-0.05, 0) is 18.1 Å². The summed E-state index contributed by atoms with van der Waals surface area (Å²) in [5.74, 6) is 0.859. The molecule has 0 saturated carbocycles. The van der Waals surface area contributed by atoms with E-state index in [9.17, 15) is 5.11 Å². The summed E-state index contributed by atoms with van der Waals surface area (Å²) < 4.78 is 1.93. The standard InChI is InChI=1S/C11H14N2O/c1-8(2)7-13-10-4-3-5-11(14)9(10)6-12-13/h3-6,8,14H,7H2,1-2H3. The van der Waals surface area contributed by atoms with Crippen LogP contribution in [-0.2, 0) is 6.54 Å². The first kappa shape index (κ1) is 9.06. The Bertz CT molecular complexity index is 445. The normalized spacial score (nSPS) is 11.4. The minimum atomic E-state index is 0.303. The van der Waals surface area contributed by atoms with Gasteiger partial charge >= 0.3 is 0 Å². The Kier molecular flexibility index (Phi) is 2.15. The van der Waals surface area contributed by atoms with Gasteiger partial charge < -0.3 is 5.11 Å². The zero-order valence-electron chi connectivity index (χ0n) is 8.44. The van der Waals surface area contributed by atoms with Crippen molar-refractivity contribution < 1.29 is 5.11 Å². The lowest BCUT2D eigenvalue weighted by molar-refractivity contribution is 0.481. The first-order valence-electron chi connectivity index (χ1n) is 4.82. The molecule has 1 aromatic heterocycles. The molecule has 3 nitrogen and oxygen atoms in total. The van der Waals surface area contributed by atoms with E-state index in [-0.39, 0.29) is 0 Å². The van der Waals surface area contributed by atoms with Gasteiger partial charge in [0, 0.05) is 6.54 Å². The molecule has 0 radical (unpaired) electrons. The van der Waals surface area contributed by atoms with E-state index < -0.39 is 0 Å². The molecule has 2 rings (SSSR count). The van der Waals surface area contributed by atoms with Crippen molar-refractivity contribution in [2.45, 2.75) is 20.4 Å². The van der Waals surface area contributed by atoms with Gasteiger partial charge in [-0.3, -0.25) is 4.68 Å². The van der Waals surface area contributed by atoms with E-state index in [4.69, 9.17) is 0 Å². The maximum absolute atomic E-state index is 9.57. The molecule has 0 spiro atoms. The lowest BCUT2D eigenvalue weighted by Gasteiger charge is -2.06. The van der Waals surface area contributed by atoms with E-state index in [1.807, 2.05) is 16.8 Å². The third kappa shape index (κ3) is 1.45. The molecule has 0 fully saturated rings. The molecule has 14 heavy (non-hydrogen) atoms. The van der Waals surface area contributed by atoms with Crippen LogP contribution in [-0.4, -0.2) is 14.9 Å². The Hall–Kier alpha value is -1.51. The molecule has 0 aliphatic carbocycles. The van der Waals surface area contributed by atoms with E-state index in [1.165, 1.54) is 0 Å². The largest absolute Gasteiger partial charge is 0.507 e. The van der Waals surface area contributed by atoms with E-state index in [0.717, 1.165) is 17.4 Å². The third-order valence-electron chi connectivity index (χ3n) is 2.20. The third-order valence-corrected chi connectivity index (χ3v) is 2.20. The maximum Gasteiger partial charge on any atom is 0.126 e. The van der Waals surface area contributed by atoms with Crippen molar-refractivity contribution in [1.82, 2.24) is 9.78 Å². The molecule has 74 valence electrons. The number of phenols is 1. The molecule has 1 heterocycles. The van der Waals surface area contributed by atoms with Crippen molar-refractivity contribution in [3.05, 3.63) is 24.4 Å². The molecule has 1 aromatic carbocycles. The van der Waals surface area contributed by atoms with Crippen molar-refractivity contribution in [2.75, 3.05) is 0 Å². The highest BCUT2D eigenvalue weighted by Gasteiger charge is 2.06. The fraction of sp³-hybridized carbons (Fsp3) is 0.364. The molecule has 0 aliphatic heterocycles. The van der Waals surface area contributed by atoms with Crippen LogP contribution >= 0.6 is 0 Å². The number of phenolic OH excluding ortho intramolecular Hbond substituents is 1. The van der Waals surface area contributed by atoms with Crippen molar-refractivity contribution in [3.8, 4) is 5.75 Å². The Morgan fingerprint density at radius 2 is 2.21 bits per heavy atom. The van der Waals surface area contributed by atoms with Gasteiger partial charge in [0.15, 0.2) is 0 Å². The minimum absolute atomic E-state index is 0.303. The monoisotopic (exact) mass is 190 g/mol. The summed E-state index contributed by atoms with van der Waals surface area (Å²) in [6, 6.07) is 5.50. The van der Waals surface area contributed by atoms with Crippen molar-refractivity contribution in [1.29, 1.82) is 0 Å². The number of benzene rings is 1. The van der Waals surface area contributed by atoms with Crippen LogP contribution < -0.4 is 0 Å². The van der Waals surface area contributed by atoms with Crippen molar-refractivity contribution >= 4 is 10.9 Å². The van der Waals surface area contributed by atoms with Crippen LogP contribution in [0.4, 0.5) is 0 Å². The average Bonchev–Trinajstić information content (AvgIpc) is 2.49. The Balaban J connectivity index is 2.52. The van der Waals surface area contributed by atoms with Gasteiger partial charge in [0.1, 0.15) is 5.75 Å². The van der Waals surface area contributed by atoms with Crippen LogP contribution in [0.1, 0.15) is 13.8 Å². The summed E-state index contributed by atoms with van der Waals surface area (Å²) in [5, 5.41) is 14.6. The van der Waals surface area contributed by atoms with E-state index in [1.54, 1.807) is 12.3 Å². The molecule has 0 amide bonds. The molecule has 0 aliphatic rings. The smallest absolute Gasteiger partial charge is 0.126 e. The number of nitrogens with zero attached hydrogens (tertiary/aromatic N) is 2. The highest BCUT2D eigenvalue weighted by Crippen LogP contribution is 2.23. The fourth-order valence-corrected chi connectivity index (χ4v) is 1.58. The Labute approximate surface area is 83.0 Å². The van der Waals surface area contributed by atoms with Gasteiger partial charge in [-0.25, -0.2) is 0 Å². The second-order valence-electron chi connectivity index (χ2n) is 3.93. The van der Waals surface area contributed by atoms with E-state index in [2.05, 4.69) is 18.9 Å². The molecule has 3 heteroatoms. The van der Waals surface area contributed by atoms with Crippen LogP contribution in [0.15, 0.2) is 24.4 Å². The maximum atomic E-state index is 9.57. The number of hydrogen-bond acceptors (Lipinski definition) is 2. The second-order valence-corrected chi connectivity index (χ2v) is 3.93. The number of hydrogen-bond donors (Lipinski definition) is 1. The summed E-state index contributed by atoms with van der Waals surface area (Å²) in [6.45, 7) is 5.18. The number of aromatic hydroxyl groups is 1. The lowest BCUT2D eigenvalue weighted by Crippen LogP contribution is -2.05. The number of aromatic nitrogens is 2. The molecule has 0 unspecified atom stereocenters. The number of rotatable bonds is 2. The van der Waals surface area contributed by atoms with Crippen LogP contribution in [0.5, 0.6) is 5.75 Å². The molecule has 0 saturated heterocycles. The van der Waals surface area contributed by atoms with Gasteiger partial charge in [-0.2, -0.15) is 5.10 Å². The molecular weight excluding hydrogens is 176 g/mol. The van der Waals surface area contributed by atoms with Crippen LogP contribution in [0.25, 0.3) is 10.9 Å². The topological polar surface area (TPSA) is 38.0 Å². The first-order valence-corrected chi connectivity index (χ1v) is 4.82. The lowest BCUT2D eigenvalue weighted by atomic mass is 10.2. The van der Waals surface area contributed by atoms with Crippen LogP contribution in [0, 0.1) is 5.92 Å². The van der Waals surface area contributed by atoms with Gasteiger partial charge in [-0.1, -0.05) is 19.9 Å². The molecular formula is C11H14N2O. The average molecular weight is 190 g/mol. The Morgan fingerprint density at radius 1 is 1.43 bits per heavy atom. The summed E-state index contributed by atoms with van der Waals surface area (Å²) in [7, 11) is 0. The quantitative estimate of drug-likeness (QED) is 0.789. The van der Waals surface area contributed by atoms with E-state index in [0.29, 0.717) is 11.7 Å². The highest BCUT2D eigenvalue weighted by atomic mass is 16.3. The van der Waals surface area contributed by atoms with Crippen LogP contribution in [0.3, 0.4) is 0 Å². The predicted octanol–water partition coefficient (Wildman–Crippen LogP) is 2.40. The first-order chi connectivity index (χ1) is 6.68. The molecule has 0 atom stereocenters. The summed E-state index contributed by atoms with van der Waals surface area (Å²) >= 11 is 0. The van der Waals surface area contributed by atoms with Gasteiger partial charge in [-0.15, -0.1) is 0 Å². The second kappa shape index (κ2) is 3.33. The zero-order valence-corrected chi connectivity index (χ0v) is 8.44. The highest BCUT2D eigenvalue weighted by molar-refractivity contribution is 5.84. The summed E-state index contributed by atoms with van der Waals surface area (Å²) in [4.78, 5) is 0. The SMILES string of the molecule is CC(C)Cn1ncc2c(O)cccc21. The van der Waals surface area contributed by atoms with Gasteiger partial charge in [0.05, 0.1) is 17.1 Å².